The summed E-state index contributed by atoms with van der Waals surface area (Å²) in [5.74, 6) is 0.203. The van der Waals surface area contributed by atoms with E-state index in [0.717, 1.165) is 12.2 Å². The summed E-state index contributed by atoms with van der Waals surface area (Å²) in [7, 11) is 0. The van der Waals surface area contributed by atoms with Crippen molar-refractivity contribution < 1.29 is 18.3 Å². The Labute approximate surface area is 122 Å². The lowest BCUT2D eigenvalue weighted by atomic mass is 9.91. The van der Waals surface area contributed by atoms with Gasteiger partial charge in [0, 0.05) is 31.4 Å². The van der Waals surface area contributed by atoms with Crippen molar-refractivity contribution in [2.75, 3.05) is 31.1 Å². The van der Waals surface area contributed by atoms with Gasteiger partial charge in [-0.25, -0.2) is 0 Å². The van der Waals surface area contributed by atoms with E-state index in [1.165, 1.54) is 0 Å². The summed E-state index contributed by atoms with van der Waals surface area (Å²) < 4.78 is 37.1. The van der Waals surface area contributed by atoms with Crippen LogP contribution in [0.2, 0.25) is 0 Å². The predicted octanol–water partition coefficient (Wildman–Crippen LogP) is 2.42. The Morgan fingerprint density at radius 1 is 1.19 bits per heavy atom. The molecule has 0 aliphatic carbocycles. The monoisotopic (exact) mass is 302 g/mol. The third kappa shape index (κ3) is 5.21. The molecule has 1 aromatic rings. The minimum atomic E-state index is -4.19. The van der Waals surface area contributed by atoms with Crippen molar-refractivity contribution in [1.29, 1.82) is 0 Å². The first-order chi connectivity index (χ1) is 9.98. The fourth-order valence-corrected chi connectivity index (χ4v) is 2.85. The Morgan fingerprint density at radius 2 is 1.90 bits per heavy atom. The summed E-state index contributed by atoms with van der Waals surface area (Å²) in [6.45, 7) is 0.433. The number of hydrogen-bond donors (Lipinski definition) is 2. The van der Waals surface area contributed by atoms with Crippen LogP contribution in [0.15, 0.2) is 30.3 Å². The molecule has 1 aliphatic heterocycles. The molecule has 2 N–H and O–H groups in total. The Hall–Kier alpha value is -1.27. The number of alkyl halides is 3. The predicted molar refractivity (Wildman–Crippen MR) is 76.3 cm³/mol. The number of nitrogens with one attached hydrogen (secondary N) is 1. The number of benzene rings is 1. The second-order valence-electron chi connectivity index (χ2n) is 5.55. The maximum absolute atomic E-state index is 12.4. The first-order valence-corrected chi connectivity index (χ1v) is 7.19. The molecule has 21 heavy (non-hydrogen) atoms. The van der Waals surface area contributed by atoms with E-state index < -0.39 is 12.7 Å². The van der Waals surface area contributed by atoms with Gasteiger partial charge >= 0.3 is 6.18 Å². The van der Waals surface area contributed by atoms with Crippen molar-refractivity contribution in [2.45, 2.75) is 25.1 Å². The zero-order chi connectivity index (χ0) is 15.3. The number of aliphatic hydroxyl groups excluding tert-OH is 1. The molecule has 3 nitrogen and oxygen atoms in total. The lowest BCUT2D eigenvalue weighted by molar-refractivity contribution is -0.126. The standard InChI is InChI=1S/C15H21F3N2O/c16-15(17,18)11-19-13-8-12(6-7-21)9-20(10-13)14-4-2-1-3-5-14/h1-5,12-13,19,21H,6-11H2. The molecule has 1 fully saturated rings. The first-order valence-electron chi connectivity index (χ1n) is 7.19. The van der Waals surface area contributed by atoms with Crippen LogP contribution in [0.25, 0.3) is 0 Å². The Morgan fingerprint density at radius 3 is 2.52 bits per heavy atom. The molecule has 118 valence electrons. The molecule has 0 spiro atoms. The summed E-state index contributed by atoms with van der Waals surface area (Å²) in [5.41, 5.74) is 1.01. The SMILES string of the molecule is OCCC1CC(NCC(F)(F)F)CN(c2ccccc2)C1. The highest BCUT2D eigenvalue weighted by Crippen LogP contribution is 2.25. The molecule has 2 unspecified atom stereocenters. The minimum Gasteiger partial charge on any atom is -0.396 e. The van der Waals surface area contributed by atoms with Crippen LogP contribution in [0.5, 0.6) is 0 Å². The van der Waals surface area contributed by atoms with E-state index in [2.05, 4.69) is 10.2 Å². The van der Waals surface area contributed by atoms with Crippen LogP contribution < -0.4 is 10.2 Å². The van der Waals surface area contributed by atoms with E-state index in [-0.39, 0.29) is 18.6 Å². The van der Waals surface area contributed by atoms with Crippen LogP contribution >= 0.6 is 0 Å². The summed E-state index contributed by atoms with van der Waals surface area (Å²) in [6, 6.07) is 9.46. The van der Waals surface area contributed by atoms with Crippen LogP contribution in [0.1, 0.15) is 12.8 Å². The van der Waals surface area contributed by atoms with E-state index in [4.69, 9.17) is 5.11 Å². The quantitative estimate of drug-likeness (QED) is 0.877. The van der Waals surface area contributed by atoms with Gasteiger partial charge < -0.3 is 15.3 Å². The van der Waals surface area contributed by atoms with E-state index in [1.54, 1.807) is 0 Å². The number of halogens is 3. The smallest absolute Gasteiger partial charge is 0.396 e. The number of hydrogen-bond acceptors (Lipinski definition) is 3. The van der Waals surface area contributed by atoms with Gasteiger partial charge in [-0.05, 0) is 30.9 Å². The molecule has 0 amide bonds. The molecular weight excluding hydrogens is 281 g/mol. The zero-order valence-electron chi connectivity index (χ0n) is 11.8. The van der Waals surface area contributed by atoms with Gasteiger partial charge in [0.05, 0.1) is 6.54 Å². The third-order valence-corrected chi connectivity index (χ3v) is 3.79. The molecule has 1 aromatic carbocycles. The summed E-state index contributed by atoms with van der Waals surface area (Å²) in [4.78, 5) is 2.10. The lowest BCUT2D eigenvalue weighted by Crippen LogP contribution is -2.51. The molecule has 0 bridgehead atoms. The molecule has 1 heterocycles. The van der Waals surface area contributed by atoms with Gasteiger partial charge in [-0.1, -0.05) is 18.2 Å². The van der Waals surface area contributed by atoms with Gasteiger partial charge in [0.1, 0.15) is 0 Å². The Kier molecular flexibility index (Phi) is 5.47. The number of rotatable bonds is 5. The number of nitrogens with zero attached hydrogens (tertiary/aromatic N) is 1. The highest BCUT2D eigenvalue weighted by atomic mass is 19.4. The van der Waals surface area contributed by atoms with Crippen LogP contribution in [-0.4, -0.2) is 43.6 Å². The van der Waals surface area contributed by atoms with Crippen molar-refractivity contribution in [3.8, 4) is 0 Å². The van der Waals surface area contributed by atoms with Crippen molar-refractivity contribution >= 4 is 5.69 Å². The topological polar surface area (TPSA) is 35.5 Å². The largest absolute Gasteiger partial charge is 0.401 e. The lowest BCUT2D eigenvalue weighted by Gasteiger charge is -2.39. The fraction of sp³-hybridized carbons (Fsp3) is 0.600. The van der Waals surface area contributed by atoms with Crippen molar-refractivity contribution in [2.24, 2.45) is 5.92 Å². The maximum atomic E-state index is 12.4. The van der Waals surface area contributed by atoms with Crippen LogP contribution in [0, 0.1) is 5.92 Å². The summed E-state index contributed by atoms with van der Waals surface area (Å²) >= 11 is 0. The minimum absolute atomic E-state index is 0.0687. The first kappa shape index (κ1) is 16.1. The third-order valence-electron chi connectivity index (χ3n) is 3.79. The number of para-hydroxylation sites is 1. The number of aliphatic hydroxyl groups is 1. The molecule has 2 rings (SSSR count). The second-order valence-corrected chi connectivity index (χ2v) is 5.55. The van der Waals surface area contributed by atoms with E-state index >= 15 is 0 Å². The number of anilines is 1. The fourth-order valence-electron chi connectivity index (χ4n) is 2.85. The van der Waals surface area contributed by atoms with E-state index in [9.17, 15) is 13.2 Å². The van der Waals surface area contributed by atoms with Crippen LogP contribution in [0.3, 0.4) is 0 Å². The average Bonchev–Trinajstić information content (AvgIpc) is 2.46. The molecular formula is C15H21F3N2O. The normalized spacial score (nSPS) is 23.3. The molecule has 1 aliphatic rings. The van der Waals surface area contributed by atoms with Gasteiger partial charge in [-0.3, -0.25) is 0 Å². The molecule has 1 saturated heterocycles. The van der Waals surface area contributed by atoms with Crippen LogP contribution in [0.4, 0.5) is 18.9 Å². The second kappa shape index (κ2) is 7.13. The van der Waals surface area contributed by atoms with Gasteiger partial charge in [0.25, 0.3) is 0 Å². The van der Waals surface area contributed by atoms with Crippen molar-refractivity contribution in [1.82, 2.24) is 5.32 Å². The van der Waals surface area contributed by atoms with Crippen molar-refractivity contribution in [3.05, 3.63) is 30.3 Å². The molecule has 0 aromatic heterocycles. The molecule has 6 heteroatoms. The van der Waals surface area contributed by atoms with Crippen LogP contribution in [-0.2, 0) is 0 Å². The van der Waals surface area contributed by atoms with Gasteiger partial charge in [-0.2, -0.15) is 13.2 Å². The maximum Gasteiger partial charge on any atom is 0.401 e. The number of piperidine rings is 1. The Bertz CT molecular complexity index is 425. The zero-order valence-corrected chi connectivity index (χ0v) is 11.8. The molecule has 0 radical (unpaired) electrons. The van der Waals surface area contributed by atoms with Gasteiger partial charge in [0.15, 0.2) is 0 Å². The van der Waals surface area contributed by atoms with Crippen molar-refractivity contribution in [3.63, 3.8) is 0 Å². The molecule has 2 atom stereocenters. The van der Waals surface area contributed by atoms with E-state index in [1.807, 2.05) is 30.3 Å². The average molecular weight is 302 g/mol. The highest BCUT2D eigenvalue weighted by molar-refractivity contribution is 5.46. The Balaban J connectivity index is 2.01. The highest BCUT2D eigenvalue weighted by Gasteiger charge is 2.32. The van der Waals surface area contributed by atoms with Gasteiger partial charge in [-0.15, -0.1) is 0 Å². The van der Waals surface area contributed by atoms with Gasteiger partial charge in [0.2, 0.25) is 0 Å². The summed E-state index contributed by atoms with van der Waals surface area (Å²) in [5, 5.41) is 11.7. The molecule has 0 saturated carbocycles. The van der Waals surface area contributed by atoms with E-state index in [0.29, 0.717) is 19.4 Å². The summed E-state index contributed by atoms with van der Waals surface area (Å²) in [6.07, 6.45) is -2.91.